The lowest BCUT2D eigenvalue weighted by Crippen LogP contribution is -2.39. The van der Waals surface area contributed by atoms with E-state index in [1.165, 1.54) is 4.90 Å². The minimum Gasteiger partial charge on any atom is -0.389 e. The summed E-state index contributed by atoms with van der Waals surface area (Å²) in [6.07, 6.45) is 1.12. The second-order valence-corrected chi connectivity index (χ2v) is 5.28. The monoisotopic (exact) mass is 307 g/mol. The smallest absolute Gasteiger partial charge is 0.239 e. The van der Waals surface area contributed by atoms with Crippen molar-refractivity contribution in [3.8, 4) is 0 Å². The number of likely N-dealkylation sites (N-methyl/N-ethyl adjacent to an activating group) is 1. The number of nitrogens with one attached hydrogen (secondary N) is 1. The van der Waals surface area contributed by atoms with Gasteiger partial charge in [-0.15, -0.1) is 0 Å². The van der Waals surface area contributed by atoms with Crippen molar-refractivity contribution in [1.29, 1.82) is 0 Å². The van der Waals surface area contributed by atoms with Crippen molar-refractivity contribution in [2.75, 3.05) is 20.1 Å². The Morgan fingerprint density at radius 2 is 1.90 bits per heavy atom. The van der Waals surface area contributed by atoms with Gasteiger partial charge < -0.3 is 16.0 Å². The van der Waals surface area contributed by atoms with Crippen LogP contribution in [0.15, 0.2) is 24.3 Å². The molecule has 3 N–H and O–H groups in total. The summed E-state index contributed by atoms with van der Waals surface area (Å²) >= 11 is 4.88. The molecule has 0 saturated heterocycles. The molecule has 0 aromatic heterocycles. The third-order valence-corrected chi connectivity index (χ3v) is 3.21. The van der Waals surface area contributed by atoms with Crippen LogP contribution in [0, 0.1) is 0 Å². The second-order valence-electron chi connectivity index (χ2n) is 4.84. The van der Waals surface area contributed by atoms with Gasteiger partial charge in [-0.2, -0.15) is 0 Å². The van der Waals surface area contributed by atoms with Gasteiger partial charge in [0.15, 0.2) is 0 Å². The van der Waals surface area contributed by atoms with Crippen LogP contribution in [0.25, 0.3) is 0 Å². The summed E-state index contributed by atoms with van der Waals surface area (Å²) in [6.45, 7) is 2.68. The van der Waals surface area contributed by atoms with Crippen LogP contribution >= 0.6 is 12.2 Å². The first-order valence-corrected chi connectivity index (χ1v) is 7.24. The molecule has 0 bridgehead atoms. The lowest BCUT2D eigenvalue weighted by atomic mass is 10.1. The highest BCUT2D eigenvalue weighted by atomic mass is 32.1. The predicted molar refractivity (Wildman–Crippen MR) is 87.0 cm³/mol. The van der Waals surface area contributed by atoms with Gasteiger partial charge in [-0.3, -0.25) is 9.59 Å². The van der Waals surface area contributed by atoms with Gasteiger partial charge in [-0.1, -0.05) is 43.4 Å². The van der Waals surface area contributed by atoms with E-state index in [0.29, 0.717) is 11.5 Å². The van der Waals surface area contributed by atoms with Gasteiger partial charge in [0.25, 0.3) is 0 Å². The molecule has 0 fully saturated rings. The van der Waals surface area contributed by atoms with Gasteiger partial charge in [0.2, 0.25) is 11.8 Å². The van der Waals surface area contributed by atoms with Crippen molar-refractivity contribution in [3.63, 3.8) is 0 Å². The number of rotatable bonds is 7. The van der Waals surface area contributed by atoms with Gasteiger partial charge in [0, 0.05) is 19.2 Å². The number of benzene rings is 1. The van der Waals surface area contributed by atoms with E-state index in [0.717, 1.165) is 17.5 Å². The summed E-state index contributed by atoms with van der Waals surface area (Å²) in [5.41, 5.74) is 7.15. The topological polar surface area (TPSA) is 75.4 Å². The predicted octanol–water partition coefficient (Wildman–Crippen LogP) is 0.848. The third kappa shape index (κ3) is 5.91. The van der Waals surface area contributed by atoms with Crippen molar-refractivity contribution in [3.05, 3.63) is 35.4 Å². The van der Waals surface area contributed by atoms with Crippen molar-refractivity contribution < 1.29 is 9.59 Å². The van der Waals surface area contributed by atoms with Crippen LogP contribution < -0.4 is 11.1 Å². The maximum absolute atomic E-state index is 12.0. The van der Waals surface area contributed by atoms with Crippen LogP contribution in [-0.2, 0) is 16.0 Å². The largest absolute Gasteiger partial charge is 0.389 e. The number of nitrogens with two attached hydrogens (primary N) is 1. The van der Waals surface area contributed by atoms with Crippen molar-refractivity contribution >= 4 is 29.0 Å². The van der Waals surface area contributed by atoms with Gasteiger partial charge in [0.05, 0.1) is 13.0 Å². The molecule has 1 aromatic rings. The molecule has 6 heteroatoms. The standard InChI is InChI=1S/C15H21N3O2S/c1-3-8-17-13(19)10-18(2)14(20)9-11-4-6-12(7-5-11)15(16)21/h4-7H,3,8-10H2,1-2H3,(H2,16,21)(H,17,19). The van der Waals surface area contributed by atoms with Crippen LogP contribution in [-0.4, -0.2) is 41.8 Å². The maximum Gasteiger partial charge on any atom is 0.239 e. The fraction of sp³-hybridized carbons (Fsp3) is 0.400. The lowest BCUT2D eigenvalue weighted by molar-refractivity contribution is -0.134. The molecule has 1 aromatic carbocycles. The Labute approximate surface area is 130 Å². The van der Waals surface area contributed by atoms with Crippen molar-refractivity contribution in [2.45, 2.75) is 19.8 Å². The minimum absolute atomic E-state index is 0.0732. The first-order valence-electron chi connectivity index (χ1n) is 6.83. The number of thiocarbonyl (C=S) groups is 1. The number of amides is 2. The molecule has 5 nitrogen and oxygen atoms in total. The summed E-state index contributed by atoms with van der Waals surface area (Å²) < 4.78 is 0. The Morgan fingerprint density at radius 1 is 1.29 bits per heavy atom. The van der Waals surface area contributed by atoms with Gasteiger partial charge in [-0.05, 0) is 12.0 Å². The van der Waals surface area contributed by atoms with E-state index in [1.807, 2.05) is 19.1 Å². The number of carbonyl (C=O) groups excluding carboxylic acids is 2. The molecule has 1 rings (SSSR count). The van der Waals surface area contributed by atoms with E-state index in [1.54, 1.807) is 19.2 Å². The van der Waals surface area contributed by atoms with Crippen molar-refractivity contribution in [2.24, 2.45) is 5.73 Å². The fourth-order valence-electron chi connectivity index (χ4n) is 1.72. The minimum atomic E-state index is -0.142. The average molecular weight is 307 g/mol. The van der Waals surface area contributed by atoms with Crippen LogP contribution in [0.5, 0.6) is 0 Å². The molecule has 2 amide bonds. The third-order valence-electron chi connectivity index (χ3n) is 2.97. The van der Waals surface area contributed by atoms with Gasteiger partial charge in [-0.25, -0.2) is 0 Å². The highest BCUT2D eigenvalue weighted by Crippen LogP contribution is 2.06. The molecule has 0 aliphatic heterocycles. The van der Waals surface area contributed by atoms with Crippen LogP contribution in [0.1, 0.15) is 24.5 Å². The molecule has 0 aliphatic carbocycles. The Bertz CT molecular complexity index is 514. The number of hydrogen-bond donors (Lipinski definition) is 2. The van der Waals surface area contributed by atoms with E-state index in [2.05, 4.69) is 5.32 Å². The van der Waals surface area contributed by atoms with E-state index in [9.17, 15) is 9.59 Å². The molecule has 114 valence electrons. The summed E-state index contributed by atoms with van der Waals surface area (Å²) in [5, 5.41) is 2.74. The van der Waals surface area contributed by atoms with Crippen LogP contribution in [0.3, 0.4) is 0 Å². The molecule has 0 aliphatic rings. The zero-order valence-electron chi connectivity index (χ0n) is 12.4. The summed E-state index contributed by atoms with van der Waals surface area (Å²) in [4.78, 5) is 25.3. The molecule has 0 spiro atoms. The second kappa shape index (κ2) is 8.36. The van der Waals surface area contributed by atoms with Crippen LogP contribution in [0.2, 0.25) is 0 Å². The van der Waals surface area contributed by atoms with E-state index in [-0.39, 0.29) is 24.8 Å². The maximum atomic E-state index is 12.0. The van der Waals surface area contributed by atoms with E-state index < -0.39 is 0 Å². The van der Waals surface area contributed by atoms with E-state index in [4.69, 9.17) is 18.0 Å². The molecule has 0 heterocycles. The van der Waals surface area contributed by atoms with Crippen LogP contribution in [0.4, 0.5) is 0 Å². The SMILES string of the molecule is CCCNC(=O)CN(C)C(=O)Cc1ccc(C(N)=S)cc1. The average Bonchev–Trinajstić information content (AvgIpc) is 2.45. The lowest BCUT2D eigenvalue weighted by Gasteiger charge is -2.16. The molecule has 0 saturated carbocycles. The molecular weight excluding hydrogens is 286 g/mol. The molecule has 0 unspecified atom stereocenters. The van der Waals surface area contributed by atoms with Gasteiger partial charge >= 0.3 is 0 Å². The molecule has 21 heavy (non-hydrogen) atoms. The van der Waals surface area contributed by atoms with E-state index >= 15 is 0 Å². The molecular formula is C15H21N3O2S. The summed E-state index contributed by atoms with van der Waals surface area (Å²) in [6, 6.07) is 7.21. The Balaban J connectivity index is 2.51. The molecule has 0 radical (unpaired) electrons. The number of nitrogens with zero attached hydrogens (tertiary/aromatic N) is 1. The molecule has 0 atom stereocenters. The Kier molecular flexibility index (Phi) is 6.81. The quantitative estimate of drug-likeness (QED) is 0.732. The Hall–Kier alpha value is -1.95. The zero-order valence-corrected chi connectivity index (χ0v) is 13.2. The Morgan fingerprint density at radius 3 is 2.43 bits per heavy atom. The summed E-state index contributed by atoms with van der Waals surface area (Å²) in [5.74, 6) is -0.249. The number of carbonyl (C=O) groups is 2. The highest BCUT2D eigenvalue weighted by Gasteiger charge is 2.13. The summed E-state index contributed by atoms with van der Waals surface area (Å²) in [7, 11) is 1.62. The van der Waals surface area contributed by atoms with Gasteiger partial charge in [0.1, 0.15) is 4.99 Å². The highest BCUT2D eigenvalue weighted by molar-refractivity contribution is 7.80. The van der Waals surface area contributed by atoms with Crippen molar-refractivity contribution in [1.82, 2.24) is 10.2 Å². The number of hydrogen-bond acceptors (Lipinski definition) is 3. The first kappa shape index (κ1) is 17.1. The fourth-order valence-corrected chi connectivity index (χ4v) is 1.86. The first-order chi connectivity index (χ1) is 9.93. The zero-order chi connectivity index (χ0) is 15.8. The normalized spacial score (nSPS) is 10.0.